The van der Waals surface area contributed by atoms with Gasteiger partial charge < -0.3 is 15.3 Å². The van der Waals surface area contributed by atoms with Crippen LogP contribution in [0.25, 0.3) is 0 Å². The lowest BCUT2D eigenvalue weighted by Crippen LogP contribution is -2.45. The van der Waals surface area contributed by atoms with Crippen LogP contribution in [-0.4, -0.2) is 48.3 Å². The molecule has 1 aliphatic rings. The number of rotatable bonds is 5. The maximum absolute atomic E-state index is 9.28. The quantitative estimate of drug-likeness (QED) is 0.719. The summed E-state index contributed by atoms with van der Waals surface area (Å²) >= 11 is 0. The Bertz CT molecular complexity index is 192. The van der Waals surface area contributed by atoms with Gasteiger partial charge in [0.25, 0.3) is 0 Å². The van der Waals surface area contributed by atoms with E-state index in [4.69, 9.17) is 0 Å². The number of hydrogen-bond acceptors (Lipinski definition) is 3. The Morgan fingerprint density at radius 1 is 1.40 bits per heavy atom. The minimum atomic E-state index is 0.221. The zero-order valence-electron chi connectivity index (χ0n) is 10.6. The van der Waals surface area contributed by atoms with Crippen LogP contribution >= 0.6 is 0 Å². The van der Waals surface area contributed by atoms with E-state index in [1.807, 2.05) is 0 Å². The second-order valence-corrected chi connectivity index (χ2v) is 5.85. The highest BCUT2D eigenvalue weighted by Gasteiger charge is 2.30. The largest absolute Gasteiger partial charge is 0.395 e. The minimum absolute atomic E-state index is 0.221. The molecule has 3 nitrogen and oxygen atoms in total. The number of likely N-dealkylation sites (tertiary alicyclic amines) is 1. The van der Waals surface area contributed by atoms with Gasteiger partial charge in [-0.25, -0.2) is 0 Å². The highest BCUT2D eigenvalue weighted by atomic mass is 16.3. The lowest BCUT2D eigenvalue weighted by molar-refractivity contribution is 0.184. The van der Waals surface area contributed by atoms with E-state index in [0.29, 0.717) is 11.5 Å². The van der Waals surface area contributed by atoms with Crippen LogP contribution in [0.15, 0.2) is 0 Å². The lowest BCUT2D eigenvalue weighted by Gasteiger charge is -2.26. The minimum Gasteiger partial charge on any atom is -0.395 e. The normalized spacial score (nSPS) is 23.6. The Hall–Kier alpha value is -0.120. The van der Waals surface area contributed by atoms with Crippen molar-refractivity contribution in [3.05, 3.63) is 0 Å². The lowest BCUT2D eigenvalue weighted by atomic mass is 9.93. The average molecular weight is 214 g/mol. The monoisotopic (exact) mass is 214 g/mol. The molecule has 1 saturated heterocycles. The number of aliphatic hydroxyl groups is 1. The van der Waals surface area contributed by atoms with E-state index in [1.165, 1.54) is 13.0 Å². The molecule has 0 amide bonds. The molecule has 15 heavy (non-hydrogen) atoms. The van der Waals surface area contributed by atoms with Crippen molar-refractivity contribution in [1.29, 1.82) is 0 Å². The van der Waals surface area contributed by atoms with E-state index in [2.05, 4.69) is 37.9 Å². The van der Waals surface area contributed by atoms with Crippen LogP contribution in [0.5, 0.6) is 0 Å². The zero-order chi connectivity index (χ0) is 11.5. The van der Waals surface area contributed by atoms with Gasteiger partial charge >= 0.3 is 0 Å². The predicted octanol–water partition coefficient (Wildman–Crippen LogP) is 1.08. The van der Waals surface area contributed by atoms with E-state index in [-0.39, 0.29) is 12.6 Å². The third-order valence-corrected chi connectivity index (χ3v) is 3.02. The average Bonchev–Trinajstić information content (AvgIpc) is 2.43. The zero-order valence-corrected chi connectivity index (χ0v) is 10.6. The summed E-state index contributed by atoms with van der Waals surface area (Å²) in [4.78, 5) is 2.45. The van der Waals surface area contributed by atoms with E-state index >= 15 is 0 Å². The molecule has 2 N–H and O–H groups in total. The second kappa shape index (κ2) is 5.28. The van der Waals surface area contributed by atoms with Crippen molar-refractivity contribution in [1.82, 2.24) is 10.2 Å². The fourth-order valence-electron chi connectivity index (χ4n) is 2.33. The Labute approximate surface area is 93.9 Å². The van der Waals surface area contributed by atoms with Crippen LogP contribution < -0.4 is 5.32 Å². The predicted molar refractivity (Wildman–Crippen MR) is 64.0 cm³/mol. The maximum atomic E-state index is 9.28. The highest BCUT2D eigenvalue weighted by molar-refractivity contribution is 4.85. The molecule has 0 aromatic heterocycles. The molecule has 90 valence electrons. The van der Waals surface area contributed by atoms with Crippen LogP contribution in [0.4, 0.5) is 0 Å². The molecule has 0 bridgehead atoms. The molecule has 0 spiro atoms. The van der Waals surface area contributed by atoms with E-state index in [1.54, 1.807) is 0 Å². The number of nitrogens with one attached hydrogen (secondary N) is 1. The van der Waals surface area contributed by atoms with Gasteiger partial charge in [-0.15, -0.1) is 0 Å². The summed E-state index contributed by atoms with van der Waals surface area (Å²) in [5, 5.41) is 12.7. The third-order valence-electron chi connectivity index (χ3n) is 3.02. The molecule has 0 aliphatic carbocycles. The Kier molecular flexibility index (Phi) is 4.56. The van der Waals surface area contributed by atoms with Crippen LogP contribution in [0.1, 0.15) is 34.1 Å². The van der Waals surface area contributed by atoms with Crippen molar-refractivity contribution >= 4 is 0 Å². The van der Waals surface area contributed by atoms with E-state index in [0.717, 1.165) is 13.1 Å². The van der Waals surface area contributed by atoms with Crippen LogP contribution in [-0.2, 0) is 0 Å². The summed E-state index contributed by atoms with van der Waals surface area (Å²) in [7, 11) is 0. The molecular formula is C12H26N2O. The molecule has 1 atom stereocenters. The van der Waals surface area contributed by atoms with Crippen molar-refractivity contribution in [3.63, 3.8) is 0 Å². The third kappa shape index (κ3) is 4.49. The maximum Gasteiger partial charge on any atom is 0.0597 e. The summed E-state index contributed by atoms with van der Waals surface area (Å²) in [5.74, 6) is 0. The molecular weight excluding hydrogens is 188 g/mol. The topological polar surface area (TPSA) is 35.5 Å². The molecule has 1 unspecified atom stereocenters. The second-order valence-electron chi connectivity index (χ2n) is 5.85. The van der Waals surface area contributed by atoms with Gasteiger partial charge in [-0.1, -0.05) is 27.7 Å². The van der Waals surface area contributed by atoms with Crippen molar-refractivity contribution in [2.75, 3.05) is 26.2 Å². The van der Waals surface area contributed by atoms with Crippen molar-refractivity contribution in [2.24, 2.45) is 5.41 Å². The summed E-state index contributed by atoms with van der Waals surface area (Å²) in [6.45, 7) is 12.4. The standard InChI is InChI=1S/C12H26N2O/c1-10(2)13-11(8-15)7-14-6-5-12(3,4)9-14/h10-11,13,15H,5-9H2,1-4H3. The summed E-state index contributed by atoms with van der Waals surface area (Å²) in [5.41, 5.74) is 0.456. The number of hydrogen-bond donors (Lipinski definition) is 2. The van der Waals surface area contributed by atoms with Crippen LogP contribution in [0.3, 0.4) is 0 Å². The smallest absolute Gasteiger partial charge is 0.0597 e. The van der Waals surface area contributed by atoms with Gasteiger partial charge in [0.05, 0.1) is 6.61 Å². The Morgan fingerprint density at radius 2 is 2.07 bits per heavy atom. The van der Waals surface area contributed by atoms with E-state index in [9.17, 15) is 5.11 Å². The van der Waals surface area contributed by atoms with Crippen molar-refractivity contribution in [3.8, 4) is 0 Å². The van der Waals surface area contributed by atoms with Crippen LogP contribution in [0.2, 0.25) is 0 Å². The fourth-order valence-corrected chi connectivity index (χ4v) is 2.33. The first kappa shape index (κ1) is 12.9. The number of aliphatic hydroxyl groups excluding tert-OH is 1. The molecule has 0 radical (unpaired) electrons. The SMILES string of the molecule is CC(C)NC(CO)CN1CCC(C)(C)C1. The van der Waals surface area contributed by atoms with Gasteiger partial charge in [0.15, 0.2) is 0 Å². The molecule has 1 heterocycles. The first-order valence-corrected chi connectivity index (χ1v) is 6.02. The first-order valence-electron chi connectivity index (χ1n) is 6.02. The highest BCUT2D eigenvalue weighted by Crippen LogP contribution is 2.28. The van der Waals surface area contributed by atoms with Gasteiger partial charge in [-0.05, 0) is 18.4 Å². The molecule has 3 heteroatoms. The summed E-state index contributed by atoms with van der Waals surface area (Å²) in [6.07, 6.45) is 1.27. The molecule has 0 aromatic rings. The Balaban J connectivity index is 2.33. The molecule has 1 fully saturated rings. The summed E-state index contributed by atoms with van der Waals surface area (Å²) in [6, 6.07) is 0.664. The van der Waals surface area contributed by atoms with Crippen molar-refractivity contribution < 1.29 is 5.11 Å². The van der Waals surface area contributed by atoms with Crippen molar-refractivity contribution in [2.45, 2.75) is 46.2 Å². The van der Waals surface area contributed by atoms with E-state index < -0.39 is 0 Å². The van der Waals surface area contributed by atoms with Gasteiger partial charge in [-0.2, -0.15) is 0 Å². The first-order chi connectivity index (χ1) is 6.93. The van der Waals surface area contributed by atoms with Gasteiger partial charge in [0.2, 0.25) is 0 Å². The molecule has 1 aliphatic heterocycles. The Morgan fingerprint density at radius 3 is 2.47 bits per heavy atom. The fraction of sp³-hybridized carbons (Fsp3) is 1.00. The molecule has 0 aromatic carbocycles. The number of nitrogens with zero attached hydrogens (tertiary/aromatic N) is 1. The summed E-state index contributed by atoms with van der Waals surface area (Å²) < 4.78 is 0. The molecule has 0 saturated carbocycles. The molecule has 1 rings (SSSR count). The van der Waals surface area contributed by atoms with Gasteiger partial charge in [0.1, 0.15) is 0 Å². The van der Waals surface area contributed by atoms with Gasteiger partial charge in [0, 0.05) is 25.2 Å². The van der Waals surface area contributed by atoms with Crippen LogP contribution in [0, 0.1) is 5.41 Å². The van der Waals surface area contributed by atoms with Gasteiger partial charge in [-0.3, -0.25) is 0 Å².